The predicted octanol–water partition coefficient (Wildman–Crippen LogP) is 6.68. The minimum absolute atomic E-state index is 0.373. The van der Waals surface area contributed by atoms with Crippen molar-refractivity contribution >= 4 is 5.97 Å². The van der Waals surface area contributed by atoms with Crippen LogP contribution in [0.3, 0.4) is 0 Å². The van der Waals surface area contributed by atoms with Gasteiger partial charge in [-0.05, 0) is 104 Å². The van der Waals surface area contributed by atoms with Gasteiger partial charge in [-0.1, -0.05) is 47.5 Å². The molecule has 0 aromatic heterocycles. The van der Waals surface area contributed by atoms with Crippen LogP contribution in [0.1, 0.15) is 112 Å². The Kier molecular flexibility index (Phi) is 6.78. The Morgan fingerprint density at radius 2 is 1.62 bits per heavy atom. The van der Waals surface area contributed by atoms with E-state index in [2.05, 4.69) is 20.8 Å². The van der Waals surface area contributed by atoms with E-state index in [1.807, 2.05) is 13.8 Å². The van der Waals surface area contributed by atoms with Crippen molar-refractivity contribution in [3.05, 3.63) is 0 Å². The summed E-state index contributed by atoms with van der Waals surface area (Å²) in [6.07, 6.45) is 13.9. The lowest BCUT2D eigenvalue weighted by Gasteiger charge is -2.64. The second-order valence-corrected chi connectivity index (χ2v) is 11.4. The third-order valence-corrected chi connectivity index (χ3v) is 10.6. The summed E-state index contributed by atoms with van der Waals surface area (Å²) >= 11 is 0. The number of carbonyl (C=O) groups is 1. The molecule has 0 bridgehead atoms. The standard InChI is InChI=1S/C24H40O3.C2H6/c1-22-12-4-5-13-24(22,3)19-11-15-23(2)16(7-9-20(25)21(26)27)6-8-18(23)17(19)10-14-22;1-2/h16-20,25H,4-15H2,1-3H3,(H,26,27);1-2H3/t16-,17?,18?,19?,20?,22?,23?,24-;/m1./s1. The number of aliphatic hydroxyl groups is 1. The molecule has 0 amide bonds. The number of rotatable bonds is 4. The molecule has 0 aromatic carbocycles. The molecule has 2 N–H and O–H groups in total. The quantitative estimate of drug-likeness (QED) is 0.547. The second kappa shape index (κ2) is 8.52. The van der Waals surface area contributed by atoms with Crippen molar-refractivity contribution < 1.29 is 15.0 Å². The van der Waals surface area contributed by atoms with Crippen LogP contribution in [0.15, 0.2) is 0 Å². The molecule has 0 spiro atoms. The van der Waals surface area contributed by atoms with Gasteiger partial charge in [0.1, 0.15) is 0 Å². The fraction of sp³-hybridized carbons (Fsp3) is 0.962. The summed E-state index contributed by atoms with van der Waals surface area (Å²) in [5.41, 5.74) is 1.47. The molecule has 0 heterocycles. The van der Waals surface area contributed by atoms with E-state index in [1.165, 1.54) is 64.2 Å². The molecular weight excluding hydrogens is 360 g/mol. The number of hydrogen-bond acceptors (Lipinski definition) is 2. The Balaban J connectivity index is 0.00000117. The fourth-order valence-corrected chi connectivity index (χ4v) is 8.67. The fourth-order valence-electron chi connectivity index (χ4n) is 8.67. The van der Waals surface area contributed by atoms with Gasteiger partial charge in [-0.3, -0.25) is 0 Å². The van der Waals surface area contributed by atoms with Gasteiger partial charge in [0.15, 0.2) is 6.10 Å². The molecule has 0 radical (unpaired) electrons. The highest BCUT2D eigenvalue weighted by Gasteiger charge is 2.62. The lowest BCUT2D eigenvalue weighted by atomic mass is 9.40. The van der Waals surface area contributed by atoms with Crippen LogP contribution in [0.2, 0.25) is 0 Å². The largest absolute Gasteiger partial charge is 0.479 e. The maximum atomic E-state index is 11.0. The van der Waals surface area contributed by atoms with E-state index in [0.29, 0.717) is 28.6 Å². The average molecular weight is 407 g/mol. The van der Waals surface area contributed by atoms with Crippen molar-refractivity contribution in [1.29, 1.82) is 0 Å². The van der Waals surface area contributed by atoms with Crippen molar-refractivity contribution in [2.75, 3.05) is 0 Å². The van der Waals surface area contributed by atoms with Crippen LogP contribution in [0.4, 0.5) is 0 Å². The molecule has 8 atom stereocenters. The van der Waals surface area contributed by atoms with Gasteiger partial charge < -0.3 is 10.2 Å². The maximum absolute atomic E-state index is 11.0. The maximum Gasteiger partial charge on any atom is 0.332 e. The van der Waals surface area contributed by atoms with Gasteiger partial charge in [-0.25, -0.2) is 4.79 Å². The molecule has 4 saturated carbocycles. The summed E-state index contributed by atoms with van der Waals surface area (Å²) in [5.74, 6) is 2.15. The lowest BCUT2D eigenvalue weighted by molar-refractivity contribution is -0.153. The second-order valence-electron chi connectivity index (χ2n) is 11.4. The molecule has 168 valence electrons. The zero-order valence-corrected chi connectivity index (χ0v) is 19.7. The summed E-state index contributed by atoms with van der Waals surface area (Å²) in [6, 6.07) is 0. The lowest BCUT2D eigenvalue weighted by Crippen LogP contribution is -2.56. The molecule has 3 nitrogen and oxygen atoms in total. The van der Waals surface area contributed by atoms with E-state index in [4.69, 9.17) is 5.11 Å². The number of carboxylic acid groups (broad SMARTS) is 1. The van der Waals surface area contributed by atoms with E-state index >= 15 is 0 Å². The van der Waals surface area contributed by atoms with Crippen LogP contribution in [-0.2, 0) is 4.79 Å². The van der Waals surface area contributed by atoms with Gasteiger partial charge in [0, 0.05) is 0 Å². The molecule has 0 saturated heterocycles. The monoisotopic (exact) mass is 406 g/mol. The first-order chi connectivity index (χ1) is 13.7. The zero-order valence-electron chi connectivity index (χ0n) is 19.7. The molecule has 4 aliphatic rings. The van der Waals surface area contributed by atoms with Gasteiger partial charge in [0.2, 0.25) is 0 Å². The van der Waals surface area contributed by atoms with Crippen LogP contribution in [0.25, 0.3) is 0 Å². The van der Waals surface area contributed by atoms with Gasteiger partial charge in [-0.15, -0.1) is 0 Å². The number of carboxylic acids is 1. The molecule has 6 unspecified atom stereocenters. The van der Waals surface area contributed by atoms with Crippen molar-refractivity contribution in [2.24, 2.45) is 39.9 Å². The van der Waals surface area contributed by atoms with Gasteiger partial charge in [-0.2, -0.15) is 0 Å². The van der Waals surface area contributed by atoms with Crippen molar-refractivity contribution in [1.82, 2.24) is 0 Å². The SMILES string of the molecule is CC.CC12CCC3C(CCC4(C)CCCC[C@]34C)C1CC[C@@H]2CCC(O)C(=O)O. The third-order valence-electron chi connectivity index (χ3n) is 10.6. The Labute approximate surface area is 179 Å². The number of aliphatic hydroxyl groups excluding tert-OH is 1. The summed E-state index contributed by atoms with van der Waals surface area (Å²) in [7, 11) is 0. The van der Waals surface area contributed by atoms with E-state index in [-0.39, 0.29) is 0 Å². The highest BCUT2D eigenvalue weighted by Crippen LogP contribution is 2.70. The van der Waals surface area contributed by atoms with Crippen molar-refractivity contribution in [2.45, 2.75) is 118 Å². The molecule has 4 rings (SSSR count). The van der Waals surface area contributed by atoms with Gasteiger partial charge >= 0.3 is 5.97 Å². The summed E-state index contributed by atoms with van der Waals surface area (Å²) in [5, 5.41) is 18.8. The Bertz CT molecular complexity index is 589. The van der Waals surface area contributed by atoms with Crippen molar-refractivity contribution in [3.8, 4) is 0 Å². The first kappa shape index (κ1) is 23.1. The zero-order chi connectivity index (χ0) is 21.4. The summed E-state index contributed by atoms with van der Waals surface area (Å²) < 4.78 is 0. The Morgan fingerprint density at radius 1 is 0.931 bits per heavy atom. The molecule has 4 aliphatic carbocycles. The third kappa shape index (κ3) is 3.68. The molecule has 4 fully saturated rings. The number of fused-ring (bicyclic) bond motifs is 5. The number of hydrogen-bond donors (Lipinski definition) is 2. The van der Waals surface area contributed by atoms with Crippen molar-refractivity contribution in [3.63, 3.8) is 0 Å². The van der Waals surface area contributed by atoms with Crippen LogP contribution in [-0.4, -0.2) is 22.3 Å². The molecule has 0 aromatic rings. The topological polar surface area (TPSA) is 57.5 Å². The summed E-state index contributed by atoms with van der Waals surface area (Å²) in [4.78, 5) is 11.0. The Hall–Kier alpha value is -0.570. The van der Waals surface area contributed by atoms with E-state index in [9.17, 15) is 9.90 Å². The van der Waals surface area contributed by atoms with Gasteiger partial charge in [0.05, 0.1) is 0 Å². The van der Waals surface area contributed by atoms with E-state index in [0.717, 1.165) is 24.2 Å². The number of aliphatic carboxylic acids is 1. The first-order valence-corrected chi connectivity index (χ1v) is 12.6. The normalized spacial score (nSPS) is 47.1. The van der Waals surface area contributed by atoms with Crippen LogP contribution < -0.4 is 0 Å². The first-order valence-electron chi connectivity index (χ1n) is 12.6. The predicted molar refractivity (Wildman–Crippen MR) is 119 cm³/mol. The van der Waals surface area contributed by atoms with Crippen LogP contribution >= 0.6 is 0 Å². The highest BCUT2D eigenvalue weighted by molar-refractivity contribution is 5.71. The minimum Gasteiger partial charge on any atom is -0.479 e. The minimum atomic E-state index is -1.18. The van der Waals surface area contributed by atoms with Gasteiger partial charge in [0.25, 0.3) is 0 Å². The Morgan fingerprint density at radius 3 is 2.31 bits per heavy atom. The van der Waals surface area contributed by atoms with Crippen LogP contribution in [0, 0.1) is 39.9 Å². The highest BCUT2D eigenvalue weighted by atomic mass is 16.4. The van der Waals surface area contributed by atoms with E-state index < -0.39 is 12.1 Å². The summed E-state index contributed by atoms with van der Waals surface area (Å²) in [6.45, 7) is 11.7. The molecular formula is C26H46O3. The molecule has 3 heteroatoms. The molecule has 0 aliphatic heterocycles. The van der Waals surface area contributed by atoms with Crippen LogP contribution in [0.5, 0.6) is 0 Å². The van der Waals surface area contributed by atoms with E-state index in [1.54, 1.807) is 0 Å². The average Bonchev–Trinajstić information content (AvgIpc) is 3.04. The smallest absolute Gasteiger partial charge is 0.332 e. The molecule has 29 heavy (non-hydrogen) atoms.